The first kappa shape index (κ1) is 59.5. The second-order valence-electron chi connectivity index (χ2n) is 17.8. The largest absolute Gasteiger partial charge is 0.449 e. The number of carbonyl (C=O) groups is 6. The zero-order valence-electron chi connectivity index (χ0n) is 43.4. The maximum absolute atomic E-state index is 13.2. The summed E-state index contributed by atoms with van der Waals surface area (Å²) in [6.07, 6.45) is 2.65. The van der Waals surface area contributed by atoms with Crippen LogP contribution in [-0.4, -0.2) is 192 Å². The molecule has 3 aromatic carbocycles. The van der Waals surface area contributed by atoms with Crippen LogP contribution in [0.25, 0.3) is 11.1 Å². The molecule has 6 rings (SSSR count). The van der Waals surface area contributed by atoms with E-state index in [2.05, 4.69) is 40.2 Å². The summed E-state index contributed by atoms with van der Waals surface area (Å²) < 4.78 is 61.0. The molecule has 3 N–H and O–H groups in total. The van der Waals surface area contributed by atoms with Crippen LogP contribution in [0.2, 0.25) is 0 Å². The van der Waals surface area contributed by atoms with Crippen LogP contribution in [0.4, 0.5) is 10.5 Å². The number of unbranched alkanes of at least 4 members (excludes halogenated alkanes) is 2. The average molecular weight is 1060 g/mol. The molecule has 1 atom stereocenters. The lowest BCUT2D eigenvalue weighted by Gasteiger charge is -2.27. The number of piperidine rings is 1. The minimum absolute atomic E-state index is 0.0236. The summed E-state index contributed by atoms with van der Waals surface area (Å²) in [6, 6.07) is 20.0. The van der Waals surface area contributed by atoms with Gasteiger partial charge in [-0.2, -0.15) is 0 Å². The van der Waals surface area contributed by atoms with E-state index in [1.54, 1.807) is 12.1 Å². The van der Waals surface area contributed by atoms with Gasteiger partial charge in [0, 0.05) is 38.5 Å². The van der Waals surface area contributed by atoms with Gasteiger partial charge < -0.3 is 62.7 Å². The first-order valence-corrected chi connectivity index (χ1v) is 26.3. The summed E-state index contributed by atoms with van der Waals surface area (Å²) in [4.78, 5) is 76.0. The number of rotatable bonds is 41. The van der Waals surface area contributed by atoms with Gasteiger partial charge in [0.25, 0.3) is 11.8 Å². The predicted octanol–water partition coefficient (Wildman–Crippen LogP) is 4.68. The van der Waals surface area contributed by atoms with Gasteiger partial charge in [-0.3, -0.25) is 34.2 Å². The summed E-state index contributed by atoms with van der Waals surface area (Å²) in [5, 5.41) is 7.71. The van der Waals surface area contributed by atoms with Crippen LogP contribution in [0.3, 0.4) is 0 Å². The van der Waals surface area contributed by atoms with Crippen molar-refractivity contribution in [3.05, 3.63) is 89.0 Å². The Hall–Kier alpha value is -5.72. The molecule has 21 nitrogen and oxygen atoms in total. The number of carbonyl (C=O) groups excluding carboxylic acids is 6. The monoisotopic (exact) mass is 1060 g/mol. The third-order valence-electron chi connectivity index (χ3n) is 12.4. The zero-order valence-corrected chi connectivity index (χ0v) is 43.4. The van der Waals surface area contributed by atoms with Crippen LogP contribution >= 0.6 is 0 Å². The van der Waals surface area contributed by atoms with Crippen molar-refractivity contribution < 1.29 is 80.9 Å². The van der Waals surface area contributed by atoms with Crippen molar-refractivity contribution >= 4 is 41.3 Å². The molecule has 0 saturated carbocycles. The highest BCUT2D eigenvalue weighted by Gasteiger charge is 2.45. The van der Waals surface area contributed by atoms with Gasteiger partial charge in [-0.25, -0.2) is 4.79 Å². The van der Waals surface area contributed by atoms with Gasteiger partial charge in [-0.15, -0.1) is 0 Å². The van der Waals surface area contributed by atoms with Crippen LogP contribution < -0.4 is 16.0 Å². The van der Waals surface area contributed by atoms with Crippen molar-refractivity contribution in [3.8, 4) is 11.1 Å². The molecule has 1 aliphatic carbocycles. The lowest BCUT2D eigenvalue weighted by molar-refractivity contribution is -0.136. The van der Waals surface area contributed by atoms with Crippen molar-refractivity contribution in [1.82, 2.24) is 15.5 Å². The van der Waals surface area contributed by atoms with Crippen LogP contribution in [0.5, 0.6) is 0 Å². The van der Waals surface area contributed by atoms with Gasteiger partial charge in [0.15, 0.2) is 0 Å². The number of ether oxygens (including phenoxy) is 11. The first-order valence-electron chi connectivity index (χ1n) is 26.3. The van der Waals surface area contributed by atoms with Gasteiger partial charge in [0.05, 0.1) is 136 Å². The number of benzene rings is 3. The van der Waals surface area contributed by atoms with Crippen LogP contribution in [0, 0.1) is 0 Å². The minimum Gasteiger partial charge on any atom is -0.449 e. The number of nitrogens with one attached hydrogen (secondary N) is 3. The number of hydrogen-bond donors (Lipinski definition) is 3. The SMILES string of the molecule is O=C1CCC(N2C(=O)c3cccc(NC(=O)CCCCCOCCOCCOCCOCCOCCOCCOCCOCCOCCOCCCNC(=O)OCC4c5ccccc5-c5ccccc54)c3C2=O)C(=O)N1. The Morgan fingerprint density at radius 1 is 0.513 bits per heavy atom. The molecule has 1 fully saturated rings. The molecule has 1 saturated heterocycles. The first-order chi connectivity index (χ1) is 37.3. The quantitative estimate of drug-likeness (QED) is 0.0516. The van der Waals surface area contributed by atoms with Crippen LogP contribution in [0.15, 0.2) is 66.7 Å². The summed E-state index contributed by atoms with van der Waals surface area (Å²) >= 11 is 0. The summed E-state index contributed by atoms with van der Waals surface area (Å²) in [6.45, 7) is 9.95. The molecular weight excluding hydrogens is 989 g/mol. The number of alkyl carbamates (subject to hydrolysis) is 1. The minimum atomic E-state index is -1.08. The molecule has 3 aromatic rings. The normalized spacial score (nSPS) is 14.9. The third kappa shape index (κ3) is 20.0. The molecule has 6 amide bonds. The second kappa shape index (κ2) is 34.8. The van der Waals surface area contributed by atoms with E-state index in [9.17, 15) is 28.8 Å². The van der Waals surface area contributed by atoms with E-state index < -0.39 is 35.8 Å². The van der Waals surface area contributed by atoms with Crippen molar-refractivity contribution in [2.75, 3.05) is 151 Å². The fourth-order valence-electron chi connectivity index (χ4n) is 8.59. The zero-order chi connectivity index (χ0) is 53.4. The summed E-state index contributed by atoms with van der Waals surface area (Å²) in [7, 11) is 0. The number of imide groups is 2. The fourth-order valence-corrected chi connectivity index (χ4v) is 8.59. The molecule has 2 heterocycles. The highest BCUT2D eigenvalue weighted by molar-refractivity contribution is 6.26. The molecule has 1 unspecified atom stereocenters. The molecular formula is C55H74N4O17. The summed E-state index contributed by atoms with van der Waals surface area (Å²) in [5.74, 6) is -2.70. The van der Waals surface area contributed by atoms with Crippen molar-refractivity contribution in [2.45, 2.75) is 56.9 Å². The Labute approximate surface area is 444 Å². The standard InChI is InChI=1S/C55H74N4O17/c60-49(57-47-15-8-14-45-51(47)54(64)59(53(45)63)48-17-18-50(61)58-52(48)62)16-2-1-7-20-66-22-24-68-26-28-70-30-32-72-34-36-74-38-39-75-37-35-73-33-31-71-29-27-69-25-23-67-21-9-19-56-55(65)76-40-46-43-12-5-3-10-41(43)42-11-4-6-13-44(42)46/h3-6,8,10-15,46,48H,1-2,7,9,16-40H2,(H,56,65)(H,57,60)(H,58,61,62). The van der Waals surface area contributed by atoms with Gasteiger partial charge in [-0.05, 0) is 60.1 Å². The molecule has 416 valence electrons. The van der Waals surface area contributed by atoms with Crippen molar-refractivity contribution in [1.29, 1.82) is 0 Å². The lowest BCUT2D eigenvalue weighted by Crippen LogP contribution is -2.54. The highest BCUT2D eigenvalue weighted by Crippen LogP contribution is 2.44. The lowest BCUT2D eigenvalue weighted by atomic mass is 9.98. The number of anilines is 1. The Morgan fingerprint density at radius 2 is 0.974 bits per heavy atom. The van der Waals surface area contributed by atoms with E-state index in [4.69, 9.17) is 52.1 Å². The number of amides is 6. The van der Waals surface area contributed by atoms with E-state index in [-0.39, 0.29) is 47.9 Å². The van der Waals surface area contributed by atoms with E-state index in [0.717, 1.165) is 17.7 Å². The van der Waals surface area contributed by atoms with Crippen molar-refractivity contribution in [3.63, 3.8) is 0 Å². The molecule has 21 heteroatoms. The van der Waals surface area contributed by atoms with Gasteiger partial charge in [0.1, 0.15) is 12.6 Å². The molecule has 2 aliphatic heterocycles. The predicted molar refractivity (Wildman–Crippen MR) is 276 cm³/mol. The molecule has 0 spiro atoms. The van der Waals surface area contributed by atoms with Gasteiger partial charge in [0.2, 0.25) is 17.7 Å². The van der Waals surface area contributed by atoms with Crippen LogP contribution in [0.1, 0.15) is 82.7 Å². The Kier molecular flexibility index (Phi) is 27.3. The third-order valence-corrected chi connectivity index (χ3v) is 12.4. The van der Waals surface area contributed by atoms with Gasteiger partial charge in [-0.1, -0.05) is 61.0 Å². The molecule has 76 heavy (non-hydrogen) atoms. The second-order valence-corrected chi connectivity index (χ2v) is 17.8. The maximum atomic E-state index is 13.2. The van der Waals surface area contributed by atoms with Gasteiger partial charge >= 0.3 is 6.09 Å². The molecule has 0 aromatic heterocycles. The Balaban J connectivity index is 0.599. The molecule has 3 aliphatic rings. The maximum Gasteiger partial charge on any atom is 0.407 e. The van der Waals surface area contributed by atoms with E-state index in [1.807, 2.05) is 24.3 Å². The molecule has 0 bridgehead atoms. The number of hydrogen-bond acceptors (Lipinski definition) is 17. The summed E-state index contributed by atoms with van der Waals surface area (Å²) in [5.41, 5.74) is 5.14. The highest BCUT2D eigenvalue weighted by atomic mass is 16.6. The number of nitrogens with zero attached hydrogens (tertiary/aromatic N) is 1. The van der Waals surface area contributed by atoms with Crippen LogP contribution in [-0.2, 0) is 66.5 Å². The number of fused-ring (bicyclic) bond motifs is 4. The van der Waals surface area contributed by atoms with Crippen molar-refractivity contribution in [2.24, 2.45) is 0 Å². The Morgan fingerprint density at radius 3 is 1.47 bits per heavy atom. The Bertz CT molecular complexity index is 2240. The topological polar surface area (TPSA) is 243 Å². The smallest absolute Gasteiger partial charge is 0.407 e. The average Bonchev–Trinajstić information content (AvgIpc) is 3.89. The molecule has 0 radical (unpaired) electrons. The van der Waals surface area contributed by atoms with E-state index in [1.165, 1.54) is 28.3 Å². The fraction of sp³-hybridized carbons (Fsp3) is 0.564. The van der Waals surface area contributed by atoms with E-state index >= 15 is 0 Å². The van der Waals surface area contributed by atoms with E-state index in [0.29, 0.717) is 158 Å².